The molecule has 148 valence electrons. The summed E-state index contributed by atoms with van der Waals surface area (Å²) in [5.41, 5.74) is 3.77. The number of fused-ring (bicyclic) bond motifs is 1. The van der Waals surface area contributed by atoms with Crippen LogP contribution in [0.5, 0.6) is 0 Å². The maximum atomic E-state index is 12.3. The smallest absolute Gasteiger partial charge is 0.272 e. The van der Waals surface area contributed by atoms with Crippen LogP contribution in [0.25, 0.3) is 16.8 Å². The molecule has 2 N–H and O–H groups in total. The van der Waals surface area contributed by atoms with Gasteiger partial charge in [-0.3, -0.25) is 4.79 Å². The quantitative estimate of drug-likeness (QED) is 0.700. The highest BCUT2D eigenvalue weighted by Gasteiger charge is 2.20. The molecule has 1 aliphatic carbocycles. The molecule has 3 aromatic rings. The van der Waals surface area contributed by atoms with E-state index in [0.717, 1.165) is 35.3 Å². The minimum Gasteiger partial charge on any atom is -0.382 e. The lowest BCUT2D eigenvalue weighted by molar-refractivity contribution is 0.463. The average Bonchev–Trinajstić information content (AvgIpc) is 3.00. The topological polar surface area (TPSA) is 83.4 Å². The number of nitrogens with one attached hydrogen (secondary N) is 2. The second kappa shape index (κ2) is 7.13. The number of sulfone groups is 1. The maximum Gasteiger partial charge on any atom is 0.272 e. The first kappa shape index (κ1) is 18.8. The zero-order valence-electron chi connectivity index (χ0n) is 16.2. The van der Waals surface area contributed by atoms with Crippen molar-refractivity contribution in [3.8, 4) is 11.3 Å². The Bertz CT molecular complexity index is 1190. The molecule has 2 heterocycles. The van der Waals surface area contributed by atoms with Gasteiger partial charge in [0.2, 0.25) is 0 Å². The zero-order valence-corrected chi connectivity index (χ0v) is 17.0. The molecule has 0 atom stereocenters. The number of hydrogen-bond donors (Lipinski definition) is 2. The van der Waals surface area contributed by atoms with E-state index in [9.17, 15) is 13.2 Å². The number of nitrogens with zero attached hydrogens (tertiary/aromatic N) is 1. The lowest BCUT2D eigenvalue weighted by Gasteiger charge is -2.25. The summed E-state index contributed by atoms with van der Waals surface area (Å²) in [6.45, 7) is 1.89. The van der Waals surface area contributed by atoms with Crippen LogP contribution in [0.2, 0.25) is 0 Å². The van der Waals surface area contributed by atoms with Crippen molar-refractivity contribution in [2.75, 3.05) is 11.6 Å². The average molecular weight is 400 g/mol. The second-order valence-electron chi connectivity index (χ2n) is 7.68. The molecule has 0 amide bonds. The summed E-state index contributed by atoms with van der Waals surface area (Å²) in [5, 5.41) is 3.62. The molecule has 4 rings (SSSR count). The number of aromatic amines is 1. The van der Waals surface area contributed by atoms with E-state index >= 15 is 0 Å². The Morgan fingerprint density at radius 2 is 1.89 bits per heavy atom. The van der Waals surface area contributed by atoms with Crippen LogP contribution >= 0.6 is 0 Å². The van der Waals surface area contributed by atoms with Crippen LogP contribution in [0.1, 0.15) is 37.7 Å². The molecular formula is C21H25N3O3S. The number of H-pyrrole nitrogens is 1. The largest absolute Gasteiger partial charge is 0.382 e. The second-order valence-corrected chi connectivity index (χ2v) is 9.69. The Balaban J connectivity index is 1.90. The van der Waals surface area contributed by atoms with Crippen molar-refractivity contribution >= 4 is 21.0 Å². The number of anilines is 1. The summed E-state index contributed by atoms with van der Waals surface area (Å²) in [7, 11) is -3.34. The molecule has 0 spiro atoms. The van der Waals surface area contributed by atoms with Crippen LogP contribution in [-0.4, -0.2) is 30.1 Å². The molecule has 1 aromatic carbocycles. The predicted octanol–water partition coefficient (Wildman–Crippen LogP) is 3.75. The van der Waals surface area contributed by atoms with Crippen LogP contribution < -0.4 is 10.9 Å². The van der Waals surface area contributed by atoms with Gasteiger partial charge < -0.3 is 14.7 Å². The molecule has 1 fully saturated rings. The molecule has 0 radical (unpaired) electrons. The van der Waals surface area contributed by atoms with Crippen LogP contribution in [0.4, 0.5) is 5.69 Å². The summed E-state index contributed by atoms with van der Waals surface area (Å²) in [6, 6.07) is 7.54. The molecule has 0 bridgehead atoms. The molecule has 7 heteroatoms. The molecule has 2 aromatic heterocycles. The minimum absolute atomic E-state index is 0.160. The van der Waals surface area contributed by atoms with Crippen LogP contribution in [0.3, 0.4) is 0 Å². The van der Waals surface area contributed by atoms with E-state index in [2.05, 4.69) is 10.3 Å². The third-order valence-electron chi connectivity index (χ3n) is 5.54. The zero-order chi connectivity index (χ0) is 19.9. The Kier molecular flexibility index (Phi) is 4.79. The standard InChI is InChI=1S/C21H25N3O3S/c1-14-12-19(24-11-10-22-21(25)20(14)24)17-13-16(28(2,26)27)8-9-18(17)23-15-6-4-3-5-7-15/h8-13,15,23H,3-7H2,1-2H3,(H,22,25). The van der Waals surface area contributed by atoms with Crippen molar-refractivity contribution in [1.82, 2.24) is 9.38 Å². The third-order valence-corrected chi connectivity index (χ3v) is 6.65. The summed E-state index contributed by atoms with van der Waals surface area (Å²) in [4.78, 5) is 15.3. The number of aromatic nitrogens is 2. The van der Waals surface area contributed by atoms with Gasteiger partial charge in [-0.25, -0.2) is 8.42 Å². The van der Waals surface area contributed by atoms with Gasteiger partial charge in [-0.15, -0.1) is 0 Å². The Hall–Kier alpha value is -2.54. The van der Waals surface area contributed by atoms with Gasteiger partial charge in [-0.2, -0.15) is 0 Å². The normalized spacial score (nSPS) is 15.8. The van der Waals surface area contributed by atoms with Crippen molar-refractivity contribution in [3.05, 3.63) is 52.6 Å². The van der Waals surface area contributed by atoms with Gasteiger partial charge in [0.05, 0.1) is 10.6 Å². The van der Waals surface area contributed by atoms with Crippen LogP contribution in [0, 0.1) is 6.92 Å². The van der Waals surface area contributed by atoms with E-state index in [1.54, 1.807) is 24.5 Å². The highest BCUT2D eigenvalue weighted by molar-refractivity contribution is 7.90. The minimum atomic E-state index is -3.34. The first-order valence-electron chi connectivity index (χ1n) is 9.65. The number of hydrogen-bond acceptors (Lipinski definition) is 4. The Labute approximate surface area is 164 Å². The van der Waals surface area contributed by atoms with Gasteiger partial charge in [-0.05, 0) is 49.6 Å². The van der Waals surface area contributed by atoms with Crippen molar-refractivity contribution < 1.29 is 8.42 Å². The molecule has 28 heavy (non-hydrogen) atoms. The van der Waals surface area contributed by atoms with E-state index < -0.39 is 9.84 Å². The molecule has 1 saturated carbocycles. The molecular weight excluding hydrogens is 374 g/mol. The lowest BCUT2D eigenvalue weighted by atomic mass is 9.95. The lowest BCUT2D eigenvalue weighted by Crippen LogP contribution is -2.22. The first-order chi connectivity index (χ1) is 13.3. The summed E-state index contributed by atoms with van der Waals surface area (Å²) in [5.74, 6) is 0. The van der Waals surface area contributed by atoms with E-state index in [0.29, 0.717) is 11.6 Å². The fourth-order valence-electron chi connectivity index (χ4n) is 4.12. The van der Waals surface area contributed by atoms with Crippen LogP contribution in [-0.2, 0) is 9.84 Å². The van der Waals surface area contributed by atoms with E-state index in [1.807, 2.05) is 23.5 Å². The highest BCUT2D eigenvalue weighted by atomic mass is 32.2. The van der Waals surface area contributed by atoms with E-state index in [4.69, 9.17) is 0 Å². The van der Waals surface area contributed by atoms with Gasteiger partial charge in [0.15, 0.2) is 9.84 Å². The van der Waals surface area contributed by atoms with Gasteiger partial charge in [0.25, 0.3) is 5.56 Å². The predicted molar refractivity (Wildman–Crippen MR) is 112 cm³/mol. The fraction of sp³-hybridized carbons (Fsp3) is 0.381. The van der Waals surface area contributed by atoms with Gasteiger partial charge in [0, 0.05) is 35.9 Å². The van der Waals surface area contributed by atoms with Crippen molar-refractivity contribution in [2.24, 2.45) is 0 Å². The van der Waals surface area contributed by atoms with Gasteiger partial charge in [0.1, 0.15) is 5.52 Å². The van der Waals surface area contributed by atoms with Crippen molar-refractivity contribution in [1.29, 1.82) is 0 Å². The fourth-order valence-corrected chi connectivity index (χ4v) is 4.77. The third kappa shape index (κ3) is 3.46. The SMILES string of the molecule is Cc1cc(-c2cc(S(C)(=O)=O)ccc2NC2CCCCC2)n2cc[nH]c(=O)c12. The Morgan fingerprint density at radius 1 is 1.14 bits per heavy atom. The van der Waals surface area contributed by atoms with E-state index in [-0.39, 0.29) is 10.5 Å². The van der Waals surface area contributed by atoms with Crippen molar-refractivity contribution in [2.45, 2.75) is 50.0 Å². The number of aryl methyl sites for hydroxylation is 1. The Morgan fingerprint density at radius 3 is 2.61 bits per heavy atom. The highest BCUT2D eigenvalue weighted by Crippen LogP contribution is 2.34. The summed E-state index contributed by atoms with van der Waals surface area (Å²) in [6.07, 6.45) is 10.5. The first-order valence-corrected chi connectivity index (χ1v) is 11.5. The van der Waals surface area contributed by atoms with Crippen molar-refractivity contribution in [3.63, 3.8) is 0 Å². The number of rotatable bonds is 4. The summed E-state index contributed by atoms with van der Waals surface area (Å²) >= 11 is 0. The van der Waals surface area contributed by atoms with Crippen LogP contribution in [0.15, 0.2) is 46.3 Å². The molecule has 1 aliphatic rings. The van der Waals surface area contributed by atoms with E-state index in [1.165, 1.54) is 25.5 Å². The summed E-state index contributed by atoms with van der Waals surface area (Å²) < 4.78 is 26.2. The maximum absolute atomic E-state index is 12.3. The number of benzene rings is 1. The molecule has 0 aliphatic heterocycles. The molecule has 6 nitrogen and oxygen atoms in total. The molecule has 0 unspecified atom stereocenters. The molecule has 0 saturated heterocycles. The van der Waals surface area contributed by atoms with Gasteiger partial charge in [-0.1, -0.05) is 19.3 Å². The van der Waals surface area contributed by atoms with Gasteiger partial charge >= 0.3 is 0 Å². The monoisotopic (exact) mass is 399 g/mol.